The molecule has 26 heavy (non-hydrogen) atoms. The topological polar surface area (TPSA) is 52.6 Å². The lowest BCUT2D eigenvalue weighted by atomic mass is 9.69. The Kier molecular flexibility index (Phi) is 6.63. The van der Waals surface area contributed by atoms with Crippen LogP contribution in [0.1, 0.15) is 53.4 Å². The third-order valence-corrected chi connectivity index (χ3v) is 6.02. The van der Waals surface area contributed by atoms with Crippen molar-refractivity contribution >= 4 is 11.9 Å². The van der Waals surface area contributed by atoms with Gasteiger partial charge < -0.3 is 0 Å². The van der Waals surface area contributed by atoms with Crippen molar-refractivity contribution in [3.05, 3.63) is 48.6 Å². The summed E-state index contributed by atoms with van der Waals surface area (Å²) in [4.78, 5) is 35.9. The number of hydrogen-bond acceptors (Lipinski definition) is 4. The Bertz CT molecular complexity index is 587. The number of allylic oxidation sites excluding steroid dienone is 6. The molecule has 4 heteroatoms. The molecule has 0 bridgehead atoms. The van der Waals surface area contributed by atoms with Crippen molar-refractivity contribution in [3.8, 4) is 0 Å². The van der Waals surface area contributed by atoms with E-state index in [1.54, 1.807) is 0 Å². The summed E-state index contributed by atoms with van der Waals surface area (Å²) in [6, 6.07) is 0. The minimum atomic E-state index is -0.782. The molecule has 0 radical (unpaired) electrons. The summed E-state index contributed by atoms with van der Waals surface area (Å²) in [5, 5.41) is 0. The van der Waals surface area contributed by atoms with Crippen molar-refractivity contribution in [1.29, 1.82) is 0 Å². The van der Waals surface area contributed by atoms with Gasteiger partial charge >= 0.3 is 11.9 Å². The fourth-order valence-electron chi connectivity index (χ4n) is 4.16. The van der Waals surface area contributed by atoms with E-state index in [4.69, 9.17) is 9.78 Å². The molecule has 0 aromatic heterocycles. The fraction of sp³-hybridized carbons (Fsp3) is 0.545. The van der Waals surface area contributed by atoms with Gasteiger partial charge in [-0.15, -0.1) is 0 Å². The summed E-state index contributed by atoms with van der Waals surface area (Å²) in [6.07, 6.45) is 18.1. The van der Waals surface area contributed by atoms with E-state index in [0.29, 0.717) is 12.8 Å². The van der Waals surface area contributed by atoms with Gasteiger partial charge in [-0.3, -0.25) is 0 Å². The first kappa shape index (κ1) is 20.2. The number of carbonyl (C=O) groups is 2. The number of carbonyl (C=O) groups excluding carboxylic acids is 2. The zero-order chi connectivity index (χ0) is 19.2. The molecule has 0 fully saturated rings. The second-order valence-corrected chi connectivity index (χ2v) is 7.05. The summed E-state index contributed by atoms with van der Waals surface area (Å²) in [6.45, 7) is 7.97. The molecule has 4 unspecified atom stereocenters. The second-order valence-electron chi connectivity index (χ2n) is 7.05. The summed E-state index contributed by atoms with van der Waals surface area (Å²) in [5.74, 6) is -0.944. The molecular formula is C22H30O4. The van der Waals surface area contributed by atoms with E-state index in [1.807, 2.05) is 76.3 Å². The second kappa shape index (κ2) is 8.52. The molecule has 2 rings (SSSR count). The van der Waals surface area contributed by atoms with Crippen LogP contribution in [0, 0.1) is 22.7 Å². The highest BCUT2D eigenvalue weighted by Crippen LogP contribution is 2.42. The van der Waals surface area contributed by atoms with E-state index >= 15 is 0 Å². The molecule has 0 heterocycles. The molecule has 2 aliphatic carbocycles. The van der Waals surface area contributed by atoms with E-state index in [-0.39, 0.29) is 11.8 Å². The van der Waals surface area contributed by atoms with Crippen LogP contribution >= 0.6 is 0 Å². The third kappa shape index (κ3) is 3.42. The average Bonchev–Trinajstić information content (AvgIpc) is 2.70. The van der Waals surface area contributed by atoms with Gasteiger partial charge in [0, 0.05) is 0 Å². The molecule has 0 spiro atoms. The van der Waals surface area contributed by atoms with Gasteiger partial charge in [-0.25, -0.2) is 19.4 Å². The highest BCUT2D eigenvalue weighted by Gasteiger charge is 2.47. The number of hydrogen-bond donors (Lipinski definition) is 0. The molecule has 0 N–H and O–H groups in total. The Morgan fingerprint density at radius 3 is 1.42 bits per heavy atom. The quantitative estimate of drug-likeness (QED) is 0.490. The Labute approximate surface area is 156 Å². The minimum absolute atomic E-state index is 0.0322. The van der Waals surface area contributed by atoms with Crippen molar-refractivity contribution in [1.82, 2.24) is 0 Å². The zero-order valence-electron chi connectivity index (χ0n) is 16.2. The average molecular weight is 358 g/mol. The first-order chi connectivity index (χ1) is 12.5. The highest BCUT2D eigenvalue weighted by molar-refractivity contribution is 5.83. The predicted molar refractivity (Wildman–Crippen MR) is 102 cm³/mol. The van der Waals surface area contributed by atoms with E-state index in [9.17, 15) is 9.59 Å². The maximum absolute atomic E-state index is 12.8. The largest absolute Gasteiger partial charge is 0.365 e. The minimum Gasteiger partial charge on any atom is -0.246 e. The molecule has 142 valence electrons. The maximum atomic E-state index is 12.8. The first-order valence-corrected chi connectivity index (χ1v) is 9.66. The lowest BCUT2D eigenvalue weighted by Crippen LogP contribution is -2.41. The molecule has 0 aromatic carbocycles. The van der Waals surface area contributed by atoms with Gasteiger partial charge in [0.05, 0.1) is 10.8 Å². The highest BCUT2D eigenvalue weighted by atomic mass is 17.2. The van der Waals surface area contributed by atoms with Gasteiger partial charge in [-0.05, 0) is 37.5 Å². The molecule has 0 amide bonds. The Morgan fingerprint density at radius 1 is 0.731 bits per heavy atom. The smallest absolute Gasteiger partial charge is 0.246 e. The van der Waals surface area contributed by atoms with Crippen LogP contribution in [-0.2, 0) is 19.4 Å². The molecule has 4 nitrogen and oxygen atoms in total. The maximum Gasteiger partial charge on any atom is 0.365 e. The van der Waals surface area contributed by atoms with Crippen molar-refractivity contribution in [2.45, 2.75) is 53.4 Å². The summed E-state index contributed by atoms with van der Waals surface area (Å²) in [7, 11) is 0. The SMILES string of the molecule is CCC1C=CC=CC1(CC)C(=O)OOC(=O)C1(CC)C=CC=CC1CC. The van der Waals surface area contributed by atoms with Gasteiger partial charge in [-0.1, -0.05) is 76.3 Å². The van der Waals surface area contributed by atoms with Crippen molar-refractivity contribution in [2.75, 3.05) is 0 Å². The van der Waals surface area contributed by atoms with E-state index in [2.05, 4.69) is 0 Å². The van der Waals surface area contributed by atoms with Crippen molar-refractivity contribution < 1.29 is 19.4 Å². The van der Waals surface area contributed by atoms with Gasteiger partial charge in [0.1, 0.15) is 0 Å². The standard InChI is InChI=1S/C22H30O4/c1-5-17-13-9-11-15-21(17,7-3)19(23)25-26-20(24)22(8-4)16-12-10-14-18(22)6-2/h9-18H,5-8H2,1-4H3. The molecule has 0 saturated heterocycles. The Balaban J connectivity index is 2.14. The normalized spacial score (nSPS) is 32.5. The number of rotatable bonds is 6. The van der Waals surface area contributed by atoms with Crippen LogP contribution in [-0.4, -0.2) is 11.9 Å². The Morgan fingerprint density at radius 2 is 1.12 bits per heavy atom. The van der Waals surface area contributed by atoms with Crippen LogP contribution in [0.3, 0.4) is 0 Å². The van der Waals surface area contributed by atoms with Gasteiger partial charge in [0.2, 0.25) is 0 Å². The first-order valence-electron chi connectivity index (χ1n) is 9.66. The van der Waals surface area contributed by atoms with E-state index in [0.717, 1.165) is 12.8 Å². The van der Waals surface area contributed by atoms with Crippen LogP contribution in [0.25, 0.3) is 0 Å². The van der Waals surface area contributed by atoms with Gasteiger partial charge in [0.25, 0.3) is 0 Å². The molecular weight excluding hydrogens is 328 g/mol. The van der Waals surface area contributed by atoms with Crippen molar-refractivity contribution in [3.63, 3.8) is 0 Å². The van der Waals surface area contributed by atoms with Crippen molar-refractivity contribution in [2.24, 2.45) is 22.7 Å². The predicted octanol–water partition coefficient (Wildman–Crippen LogP) is 5.09. The summed E-state index contributed by atoms with van der Waals surface area (Å²) < 4.78 is 0. The van der Waals surface area contributed by atoms with E-state index in [1.165, 1.54) is 0 Å². The molecule has 4 atom stereocenters. The summed E-state index contributed by atoms with van der Waals surface area (Å²) in [5.41, 5.74) is -1.56. The Hall–Kier alpha value is -2.10. The zero-order valence-corrected chi connectivity index (χ0v) is 16.2. The van der Waals surface area contributed by atoms with Crippen LogP contribution in [0.5, 0.6) is 0 Å². The van der Waals surface area contributed by atoms with Gasteiger partial charge in [-0.2, -0.15) is 0 Å². The molecule has 0 saturated carbocycles. The van der Waals surface area contributed by atoms with Crippen LogP contribution in [0.15, 0.2) is 48.6 Å². The molecule has 0 aliphatic heterocycles. The van der Waals surface area contributed by atoms with Crippen LogP contribution in [0.4, 0.5) is 0 Å². The van der Waals surface area contributed by atoms with Crippen LogP contribution < -0.4 is 0 Å². The molecule has 2 aliphatic rings. The van der Waals surface area contributed by atoms with Crippen LogP contribution in [0.2, 0.25) is 0 Å². The lowest BCUT2D eigenvalue weighted by Gasteiger charge is -2.36. The lowest BCUT2D eigenvalue weighted by molar-refractivity contribution is -0.273. The van der Waals surface area contributed by atoms with Gasteiger partial charge in [0.15, 0.2) is 0 Å². The molecule has 0 aromatic rings. The monoisotopic (exact) mass is 358 g/mol. The summed E-state index contributed by atoms with van der Waals surface area (Å²) >= 11 is 0. The van der Waals surface area contributed by atoms with E-state index < -0.39 is 22.8 Å². The third-order valence-electron chi connectivity index (χ3n) is 6.02. The fourth-order valence-corrected chi connectivity index (χ4v) is 4.16.